The van der Waals surface area contributed by atoms with Crippen molar-refractivity contribution in [1.29, 1.82) is 0 Å². The molecule has 1 atom stereocenters. The number of benzene rings is 2. The first-order valence-corrected chi connectivity index (χ1v) is 9.31. The van der Waals surface area contributed by atoms with E-state index in [1.165, 1.54) is 17.8 Å². The summed E-state index contributed by atoms with van der Waals surface area (Å²) in [5.74, 6) is -0.349. The van der Waals surface area contributed by atoms with Crippen LogP contribution in [-0.2, 0) is 16.1 Å². The molecular weight excluding hydrogens is 372 g/mol. The number of carbonyl (C=O) groups excluding carboxylic acids is 1. The number of rotatable bonds is 5. The summed E-state index contributed by atoms with van der Waals surface area (Å²) >= 11 is 7.59. The maximum Gasteiger partial charge on any atom is 0.336 e. The molecule has 3 rings (SSSR count). The number of carbonyl (C=O) groups is 1. The Morgan fingerprint density at radius 1 is 1.23 bits per heavy atom. The van der Waals surface area contributed by atoms with Crippen LogP contribution in [0.25, 0.3) is 11.0 Å². The molecule has 0 saturated heterocycles. The number of ether oxygens (including phenoxy) is 1. The Hall–Kier alpha value is -2.24. The van der Waals surface area contributed by atoms with Crippen LogP contribution in [0.5, 0.6) is 0 Å². The van der Waals surface area contributed by atoms with Crippen molar-refractivity contribution in [2.24, 2.45) is 0 Å². The minimum Gasteiger partial charge on any atom is -0.460 e. The second-order valence-electron chi connectivity index (χ2n) is 5.87. The van der Waals surface area contributed by atoms with Crippen LogP contribution in [0.2, 0.25) is 5.02 Å². The molecule has 0 N–H and O–H groups in total. The number of esters is 1. The maximum absolute atomic E-state index is 12.3. The molecule has 0 spiro atoms. The highest BCUT2D eigenvalue weighted by Gasteiger charge is 2.17. The van der Waals surface area contributed by atoms with Crippen LogP contribution in [0.15, 0.2) is 62.6 Å². The second-order valence-corrected chi connectivity index (χ2v) is 7.69. The molecule has 0 aliphatic heterocycles. The average Bonchev–Trinajstić information content (AvgIpc) is 2.61. The van der Waals surface area contributed by atoms with Crippen LogP contribution in [0.1, 0.15) is 18.1 Å². The van der Waals surface area contributed by atoms with Gasteiger partial charge in [-0.05, 0) is 43.7 Å². The summed E-state index contributed by atoms with van der Waals surface area (Å²) in [4.78, 5) is 25.1. The molecule has 0 radical (unpaired) electrons. The van der Waals surface area contributed by atoms with Crippen molar-refractivity contribution >= 4 is 40.3 Å². The number of aryl methyl sites for hydroxylation is 1. The summed E-state index contributed by atoms with van der Waals surface area (Å²) in [7, 11) is 0. The summed E-state index contributed by atoms with van der Waals surface area (Å²) in [6, 6.07) is 14.4. The quantitative estimate of drug-likeness (QED) is 0.350. The lowest BCUT2D eigenvalue weighted by molar-refractivity contribution is -0.143. The van der Waals surface area contributed by atoms with Crippen LogP contribution in [0.4, 0.5) is 0 Å². The molecular formula is C20H17ClO4S. The first-order valence-electron chi connectivity index (χ1n) is 8.05. The monoisotopic (exact) mass is 388 g/mol. The first kappa shape index (κ1) is 18.5. The highest BCUT2D eigenvalue weighted by atomic mass is 35.5. The number of fused-ring (bicyclic) bond motifs is 1. The molecule has 1 heterocycles. The molecule has 0 aliphatic carbocycles. The fourth-order valence-electron chi connectivity index (χ4n) is 2.49. The Labute approximate surface area is 160 Å². The van der Waals surface area contributed by atoms with Crippen molar-refractivity contribution in [3.8, 4) is 0 Å². The lowest BCUT2D eigenvalue weighted by Gasteiger charge is -2.12. The minimum atomic E-state index is -0.489. The predicted molar refractivity (Wildman–Crippen MR) is 104 cm³/mol. The van der Waals surface area contributed by atoms with Gasteiger partial charge < -0.3 is 9.15 Å². The van der Waals surface area contributed by atoms with Gasteiger partial charge in [0.15, 0.2) is 0 Å². The molecule has 0 amide bonds. The summed E-state index contributed by atoms with van der Waals surface area (Å²) in [5.41, 5.74) is 1.32. The number of halogens is 1. The Kier molecular flexibility index (Phi) is 5.69. The minimum absolute atomic E-state index is 0.0139. The molecule has 0 unspecified atom stereocenters. The highest BCUT2D eigenvalue weighted by Crippen LogP contribution is 2.27. The van der Waals surface area contributed by atoms with Gasteiger partial charge in [0.2, 0.25) is 0 Å². The van der Waals surface area contributed by atoms with E-state index in [1.807, 2.05) is 37.3 Å². The van der Waals surface area contributed by atoms with Gasteiger partial charge >= 0.3 is 11.6 Å². The van der Waals surface area contributed by atoms with E-state index in [1.54, 1.807) is 19.1 Å². The van der Waals surface area contributed by atoms with Gasteiger partial charge in [0, 0.05) is 26.9 Å². The fourth-order valence-corrected chi connectivity index (χ4v) is 3.54. The zero-order valence-electron chi connectivity index (χ0n) is 14.3. The number of hydrogen-bond donors (Lipinski definition) is 0. The van der Waals surface area contributed by atoms with E-state index in [0.29, 0.717) is 21.6 Å². The molecule has 26 heavy (non-hydrogen) atoms. The maximum atomic E-state index is 12.3. The molecule has 3 aromatic rings. The highest BCUT2D eigenvalue weighted by molar-refractivity contribution is 8.00. The topological polar surface area (TPSA) is 56.5 Å². The molecule has 0 bridgehead atoms. The van der Waals surface area contributed by atoms with Crippen molar-refractivity contribution in [3.63, 3.8) is 0 Å². The zero-order valence-corrected chi connectivity index (χ0v) is 15.9. The predicted octanol–water partition coefficient (Wildman–Crippen LogP) is 4.98. The standard InChI is InChI=1S/C20H17ClO4S/c1-12-8-18-16(10-17(12)21)14(9-19(22)25-18)11-24-20(23)13(2)26-15-6-4-3-5-7-15/h3-10,13H,11H2,1-2H3/t13-/m0/s1. The Morgan fingerprint density at radius 3 is 2.69 bits per heavy atom. The fraction of sp³-hybridized carbons (Fsp3) is 0.200. The van der Waals surface area contributed by atoms with Gasteiger partial charge in [0.1, 0.15) is 17.4 Å². The zero-order chi connectivity index (χ0) is 18.7. The largest absolute Gasteiger partial charge is 0.460 e. The van der Waals surface area contributed by atoms with E-state index >= 15 is 0 Å². The Morgan fingerprint density at radius 2 is 1.96 bits per heavy atom. The molecule has 0 fully saturated rings. The SMILES string of the molecule is Cc1cc2oc(=O)cc(COC(=O)[C@H](C)Sc3ccccc3)c2cc1Cl. The normalized spacial score (nSPS) is 12.1. The van der Waals surface area contributed by atoms with Crippen molar-refractivity contribution in [2.75, 3.05) is 0 Å². The molecule has 134 valence electrons. The summed E-state index contributed by atoms with van der Waals surface area (Å²) in [6.07, 6.45) is 0. The molecule has 2 aromatic carbocycles. The van der Waals surface area contributed by atoms with E-state index in [9.17, 15) is 9.59 Å². The Bertz CT molecular complexity index is 998. The van der Waals surface area contributed by atoms with E-state index in [-0.39, 0.29) is 17.8 Å². The molecule has 0 aliphatic rings. The number of hydrogen-bond acceptors (Lipinski definition) is 5. The van der Waals surface area contributed by atoms with Gasteiger partial charge in [-0.1, -0.05) is 29.8 Å². The summed E-state index contributed by atoms with van der Waals surface area (Å²) in [6.45, 7) is 3.61. The van der Waals surface area contributed by atoms with E-state index in [0.717, 1.165) is 10.5 Å². The van der Waals surface area contributed by atoms with Crippen molar-refractivity contribution in [3.05, 3.63) is 75.1 Å². The molecule has 6 heteroatoms. The Balaban J connectivity index is 1.75. The van der Waals surface area contributed by atoms with Crippen LogP contribution in [0, 0.1) is 6.92 Å². The third-order valence-electron chi connectivity index (χ3n) is 3.87. The van der Waals surface area contributed by atoms with E-state index < -0.39 is 5.63 Å². The molecule has 4 nitrogen and oxygen atoms in total. The van der Waals surface area contributed by atoms with Crippen molar-refractivity contribution in [1.82, 2.24) is 0 Å². The van der Waals surface area contributed by atoms with Gasteiger partial charge in [-0.25, -0.2) is 4.79 Å². The van der Waals surface area contributed by atoms with Gasteiger partial charge in [0.25, 0.3) is 0 Å². The van der Waals surface area contributed by atoms with Crippen LogP contribution >= 0.6 is 23.4 Å². The van der Waals surface area contributed by atoms with Crippen LogP contribution in [0.3, 0.4) is 0 Å². The molecule has 0 saturated carbocycles. The van der Waals surface area contributed by atoms with Gasteiger partial charge in [-0.15, -0.1) is 11.8 Å². The average molecular weight is 389 g/mol. The third kappa shape index (κ3) is 4.29. The van der Waals surface area contributed by atoms with Gasteiger partial charge in [0.05, 0.1) is 0 Å². The van der Waals surface area contributed by atoms with Crippen LogP contribution < -0.4 is 5.63 Å². The van der Waals surface area contributed by atoms with Crippen LogP contribution in [-0.4, -0.2) is 11.2 Å². The lowest BCUT2D eigenvalue weighted by atomic mass is 10.1. The second kappa shape index (κ2) is 7.98. The number of thioether (sulfide) groups is 1. The van der Waals surface area contributed by atoms with Gasteiger partial charge in [-0.3, -0.25) is 4.79 Å². The smallest absolute Gasteiger partial charge is 0.336 e. The van der Waals surface area contributed by atoms with Gasteiger partial charge in [-0.2, -0.15) is 0 Å². The third-order valence-corrected chi connectivity index (χ3v) is 5.36. The first-order chi connectivity index (χ1) is 12.4. The summed E-state index contributed by atoms with van der Waals surface area (Å²) in [5, 5.41) is 0.859. The summed E-state index contributed by atoms with van der Waals surface area (Å²) < 4.78 is 10.6. The van der Waals surface area contributed by atoms with E-state index in [4.69, 9.17) is 20.8 Å². The van der Waals surface area contributed by atoms with E-state index in [2.05, 4.69) is 0 Å². The van der Waals surface area contributed by atoms with Crippen molar-refractivity contribution < 1.29 is 13.9 Å². The molecule has 1 aromatic heterocycles. The lowest BCUT2D eigenvalue weighted by Crippen LogP contribution is -2.17. The van der Waals surface area contributed by atoms with Crippen molar-refractivity contribution in [2.45, 2.75) is 30.6 Å².